The maximum absolute atomic E-state index is 11.1. The summed E-state index contributed by atoms with van der Waals surface area (Å²) in [5.41, 5.74) is 0.168. The molecule has 4 nitrogen and oxygen atoms in total. The lowest BCUT2D eigenvalue weighted by molar-refractivity contribution is 0.100. The van der Waals surface area contributed by atoms with Gasteiger partial charge in [0, 0.05) is 13.5 Å². The van der Waals surface area contributed by atoms with Gasteiger partial charge in [-0.2, -0.15) is 5.10 Å². The van der Waals surface area contributed by atoms with E-state index in [4.69, 9.17) is 0 Å². The van der Waals surface area contributed by atoms with Crippen molar-refractivity contribution in [2.75, 3.05) is 0 Å². The molecule has 0 amide bonds. The van der Waals surface area contributed by atoms with Gasteiger partial charge in [-0.25, -0.2) is 0 Å². The maximum Gasteiger partial charge on any atom is 0.183 e. The van der Waals surface area contributed by atoms with Gasteiger partial charge in [0.25, 0.3) is 0 Å². The van der Waals surface area contributed by atoms with Crippen LogP contribution in [-0.2, 0) is 6.54 Å². The zero-order valence-electron chi connectivity index (χ0n) is 9.53. The van der Waals surface area contributed by atoms with E-state index in [1.54, 1.807) is 4.68 Å². The molecule has 0 atom stereocenters. The molecule has 0 aliphatic rings. The van der Waals surface area contributed by atoms with Crippen LogP contribution >= 0.6 is 0 Å². The van der Waals surface area contributed by atoms with Crippen LogP contribution in [0.15, 0.2) is 6.20 Å². The van der Waals surface area contributed by atoms with E-state index < -0.39 is 0 Å². The molecule has 1 aromatic rings. The van der Waals surface area contributed by atoms with Gasteiger partial charge in [-0.05, 0) is 5.92 Å². The molecule has 1 aromatic heterocycles. The number of nitrogens with zero attached hydrogens (tertiary/aromatic N) is 2. The fourth-order valence-corrected chi connectivity index (χ4v) is 1.57. The molecule has 0 radical (unpaired) electrons. The van der Waals surface area contributed by atoms with Gasteiger partial charge in [0.15, 0.2) is 17.2 Å². The molecule has 0 saturated carbocycles. The molecule has 1 heterocycles. The Bertz CT molecular complexity index is 340. The largest absolute Gasteiger partial charge is 0.504 e. The van der Waals surface area contributed by atoms with Gasteiger partial charge in [0.1, 0.15) is 0 Å². The summed E-state index contributed by atoms with van der Waals surface area (Å²) in [6.45, 7) is 6.42. The van der Waals surface area contributed by atoms with Crippen molar-refractivity contribution in [1.29, 1.82) is 0 Å². The Morgan fingerprint density at radius 1 is 1.53 bits per heavy atom. The van der Waals surface area contributed by atoms with Crippen LogP contribution in [-0.4, -0.2) is 20.7 Å². The Morgan fingerprint density at radius 2 is 2.13 bits per heavy atom. The third-order valence-electron chi connectivity index (χ3n) is 2.68. The standard InChI is InChI=1S/C11H18N2O2/c1-4-9(5-2)6-13-7-10(15)11(12-13)8(3)14/h7,9,15H,4-6H2,1-3H3. The summed E-state index contributed by atoms with van der Waals surface area (Å²) >= 11 is 0. The topological polar surface area (TPSA) is 55.1 Å². The first-order chi connectivity index (χ1) is 7.08. The zero-order valence-corrected chi connectivity index (χ0v) is 9.53. The van der Waals surface area contributed by atoms with Crippen LogP contribution in [0.3, 0.4) is 0 Å². The Balaban J connectivity index is 2.79. The highest BCUT2D eigenvalue weighted by atomic mass is 16.3. The van der Waals surface area contributed by atoms with Crippen LogP contribution in [0, 0.1) is 5.92 Å². The number of aromatic nitrogens is 2. The number of hydrogen-bond donors (Lipinski definition) is 1. The second-order valence-electron chi connectivity index (χ2n) is 3.82. The summed E-state index contributed by atoms with van der Waals surface area (Å²) in [6, 6.07) is 0. The predicted molar refractivity (Wildman–Crippen MR) is 58.0 cm³/mol. The van der Waals surface area contributed by atoms with Gasteiger partial charge in [-0.15, -0.1) is 0 Å². The van der Waals surface area contributed by atoms with E-state index in [1.807, 2.05) is 0 Å². The highest BCUT2D eigenvalue weighted by Gasteiger charge is 2.13. The van der Waals surface area contributed by atoms with Gasteiger partial charge in [-0.3, -0.25) is 9.48 Å². The van der Waals surface area contributed by atoms with E-state index in [0.717, 1.165) is 19.4 Å². The molecule has 4 heteroatoms. The Morgan fingerprint density at radius 3 is 2.53 bits per heavy atom. The third-order valence-corrected chi connectivity index (χ3v) is 2.68. The number of aromatic hydroxyl groups is 1. The summed E-state index contributed by atoms with van der Waals surface area (Å²) < 4.78 is 1.66. The molecule has 1 N–H and O–H groups in total. The number of carbonyl (C=O) groups is 1. The SMILES string of the molecule is CCC(CC)Cn1cc(O)c(C(C)=O)n1. The van der Waals surface area contributed by atoms with E-state index in [1.165, 1.54) is 13.1 Å². The van der Waals surface area contributed by atoms with Crippen LogP contribution in [0.4, 0.5) is 0 Å². The summed E-state index contributed by atoms with van der Waals surface area (Å²) in [4.78, 5) is 11.1. The van der Waals surface area contributed by atoms with Crippen LogP contribution in [0.1, 0.15) is 44.1 Å². The fraction of sp³-hybridized carbons (Fsp3) is 0.636. The van der Waals surface area contributed by atoms with Gasteiger partial charge in [0.2, 0.25) is 0 Å². The third kappa shape index (κ3) is 2.81. The highest BCUT2D eigenvalue weighted by Crippen LogP contribution is 2.17. The number of rotatable bonds is 5. The molecule has 0 aliphatic heterocycles. The second kappa shape index (κ2) is 4.96. The molecule has 0 bridgehead atoms. The first-order valence-corrected chi connectivity index (χ1v) is 5.35. The van der Waals surface area contributed by atoms with Crippen molar-refractivity contribution in [3.63, 3.8) is 0 Å². The molecule has 0 spiro atoms. The van der Waals surface area contributed by atoms with E-state index in [-0.39, 0.29) is 17.2 Å². The van der Waals surface area contributed by atoms with Crippen molar-refractivity contribution in [2.24, 2.45) is 5.92 Å². The van der Waals surface area contributed by atoms with Gasteiger partial charge >= 0.3 is 0 Å². The second-order valence-corrected chi connectivity index (χ2v) is 3.82. The summed E-state index contributed by atoms with van der Waals surface area (Å²) in [6.07, 6.45) is 3.67. The van der Waals surface area contributed by atoms with Crippen molar-refractivity contribution >= 4 is 5.78 Å². The van der Waals surface area contributed by atoms with Crippen LogP contribution in [0.2, 0.25) is 0 Å². The molecule has 0 fully saturated rings. The predicted octanol–water partition coefficient (Wildman–Crippen LogP) is 2.23. The lowest BCUT2D eigenvalue weighted by atomic mass is 10.0. The number of ketones is 1. The van der Waals surface area contributed by atoms with Gasteiger partial charge < -0.3 is 5.11 Å². The molecule has 0 aliphatic carbocycles. The monoisotopic (exact) mass is 210 g/mol. The smallest absolute Gasteiger partial charge is 0.183 e. The maximum atomic E-state index is 11.1. The molecule has 0 unspecified atom stereocenters. The molecule has 0 saturated heterocycles. The minimum atomic E-state index is -0.198. The van der Waals surface area contributed by atoms with Crippen molar-refractivity contribution in [3.05, 3.63) is 11.9 Å². The van der Waals surface area contributed by atoms with Crippen molar-refractivity contribution in [1.82, 2.24) is 9.78 Å². The van der Waals surface area contributed by atoms with Crippen molar-refractivity contribution < 1.29 is 9.90 Å². The number of Topliss-reactive ketones (excluding diaryl/α,β-unsaturated/α-hetero) is 1. The Labute approximate surface area is 89.9 Å². The first kappa shape index (κ1) is 11.8. The average Bonchev–Trinajstić information content (AvgIpc) is 2.56. The lowest BCUT2D eigenvalue weighted by Gasteiger charge is -2.11. The average molecular weight is 210 g/mol. The molecule has 84 valence electrons. The molecule has 0 aromatic carbocycles. The minimum Gasteiger partial charge on any atom is -0.504 e. The zero-order chi connectivity index (χ0) is 11.4. The van der Waals surface area contributed by atoms with Crippen LogP contribution in [0.5, 0.6) is 5.75 Å². The van der Waals surface area contributed by atoms with Crippen molar-refractivity contribution in [2.45, 2.75) is 40.2 Å². The summed E-state index contributed by atoms with van der Waals surface area (Å²) in [7, 11) is 0. The van der Waals surface area contributed by atoms with E-state index in [0.29, 0.717) is 5.92 Å². The van der Waals surface area contributed by atoms with E-state index in [2.05, 4.69) is 18.9 Å². The highest BCUT2D eigenvalue weighted by molar-refractivity contribution is 5.94. The molecule has 15 heavy (non-hydrogen) atoms. The van der Waals surface area contributed by atoms with E-state index >= 15 is 0 Å². The lowest BCUT2D eigenvalue weighted by Crippen LogP contribution is -2.10. The summed E-state index contributed by atoms with van der Waals surface area (Å²) in [5, 5.41) is 13.5. The van der Waals surface area contributed by atoms with E-state index in [9.17, 15) is 9.90 Å². The molecule has 1 rings (SSSR count). The Hall–Kier alpha value is -1.32. The summed E-state index contributed by atoms with van der Waals surface area (Å²) in [5.74, 6) is 0.327. The van der Waals surface area contributed by atoms with Crippen LogP contribution < -0.4 is 0 Å². The number of carbonyl (C=O) groups excluding carboxylic acids is 1. The first-order valence-electron chi connectivity index (χ1n) is 5.35. The fourth-order valence-electron chi connectivity index (χ4n) is 1.57. The van der Waals surface area contributed by atoms with Crippen molar-refractivity contribution in [3.8, 4) is 5.75 Å². The quantitative estimate of drug-likeness (QED) is 0.758. The minimum absolute atomic E-state index is 0.0199. The number of hydrogen-bond acceptors (Lipinski definition) is 3. The van der Waals surface area contributed by atoms with Gasteiger partial charge in [-0.1, -0.05) is 26.7 Å². The Kier molecular flexibility index (Phi) is 3.88. The molecular formula is C11H18N2O2. The van der Waals surface area contributed by atoms with Crippen LogP contribution in [0.25, 0.3) is 0 Å². The molecular weight excluding hydrogens is 192 g/mol. The normalized spacial score (nSPS) is 10.9. The van der Waals surface area contributed by atoms with Gasteiger partial charge in [0.05, 0.1) is 6.20 Å².